The number of aliphatic hydroxyl groups excluding tert-OH is 1. The van der Waals surface area contributed by atoms with Crippen molar-refractivity contribution in [2.75, 3.05) is 13.2 Å². The summed E-state index contributed by atoms with van der Waals surface area (Å²) in [6.07, 6.45) is 8.85. The lowest BCUT2D eigenvalue weighted by atomic mass is 9.84. The van der Waals surface area contributed by atoms with Crippen LogP contribution in [0, 0.1) is 13.8 Å². The Morgan fingerprint density at radius 2 is 1.81 bits per heavy atom. The van der Waals surface area contributed by atoms with Gasteiger partial charge in [0, 0.05) is 18.3 Å². The van der Waals surface area contributed by atoms with E-state index in [4.69, 9.17) is 10.8 Å². The Hall–Kier alpha value is -1.91. The molecule has 1 fully saturated rings. The van der Waals surface area contributed by atoms with Crippen LogP contribution in [-0.2, 0) is 0 Å². The minimum Gasteiger partial charge on any atom is -0.394 e. The molecule has 0 radical (unpaired) electrons. The zero-order valence-electron chi connectivity index (χ0n) is 16.0. The van der Waals surface area contributed by atoms with Crippen LogP contribution in [-0.4, -0.2) is 22.8 Å². The van der Waals surface area contributed by atoms with E-state index in [2.05, 4.69) is 30.3 Å². The number of pyridine rings is 1. The van der Waals surface area contributed by atoms with Crippen molar-refractivity contribution in [2.45, 2.75) is 57.9 Å². The van der Waals surface area contributed by atoms with Gasteiger partial charge in [0.15, 0.2) is 0 Å². The van der Waals surface area contributed by atoms with Gasteiger partial charge in [-0.1, -0.05) is 49.6 Å². The molecule has 4 nitrogen and oxygen atoms in total. The van der Waals surface area contributed by atoms with Gasteiger partial charge >= 0.3 is 0 Å². The summed E-state index contributed by atoms with van der Waals surface area (Å²) in [7, 11) is 0. The van der Waals surface area contributed by atoms with Gasteiger partial charge in [0.2, 0.25) is 0 Å². The van der Waals surface area contributed by atoms with E-state index in [1.165, 1.54) is 36.7 Å². The molecule has 1 aliphatic carbocycles. The Labute approximate surface area is 156 Å². The molecule has 0 bridgehead atoms. The van der Waals surface area contributed by atoms with E-state index in [9.17, 15) is 4.79 Å². The number of rotatable bonds is 4. The summed E-state index contributed by atoms with van der Waals surface area (Å²) in [5, 5.41) is 9.05. The van der Waals surface area contributed by atoms with Crippen LogP contribution < -0.4 is 11.3 Å². The molecule has 142 valence electrons. The van der Waals surface area contributed by atoms with E-state index in [0.29, 0.717) is 5.56 Å². The van der Waals surface area contributed by atoms with Crippen LogP contribution >= 0.6 is 0 Å². The molecular formula is C22H32N2O2. The number of nitrogens with two attached hydrogens (primary N) is 1. The SMILES string of the molecule is Cc1cc(C)c(=O)n(C(CN)CO)c1.c1ccc(C2CCCCC2)cc1. The maximum atomic E-state index is 11.7. The number of aryl methyl sites for hydroxylation is 2. The molecule has 4 heteroatoms. The van der Waals surface area contributed by atoms with Crippen LogP contribution in [0.4, 0.5) is 0 Å². The predicted octanol–water partition coefficient (Wildman–Crippen LogP) is 3.69. The first-order chi connectivity index (χ1) is 12.6. The maximum Gasteiger partial charge on any atom is 0.253 e. The molecule has 26 heavy (non-hydrogen) atoms. The number of hydrogen-bond donors (Lipinski definition) is 2. The number of aliphatic hydroxyl groups is 1. The second-order valence-electron chi connectivity index (χ2n) is 7.23. The lowest BCUT2D eigenvalue weighted by molar-refractivity contribution is 0.229. The normalized spacial score (nSPS) is 15.8. The number of aromatic nitrogens is 1. The minimum atomic E-state index is -0.318. The Kier molecular flexibility index (Phi) is 8.07. The zero-order chi connectivity index (χ0) is 18.9. The third kappa shape index (κ3) is 5.55. The van der Waals surface area contributed by atoms with Gasteiger partial charge in [-0.3, -0.25) is 4.79 Å². The summed E-state index contributed by atoms with van der Waals surface area (Å²) >= 11 is 0. The molecule has 1 unspecified atom stereocenters. The van der Waals surface area contributed by atoms with Crippen molar-refractivity contribution in [1.29, 1.82) is 0 Å². The first-order valence-electron chi connectivity index (χ1n) is 9.62. The van der Waals surface area contributed by atoms with Gasteiger partial charge in [-0.25, -0.2) is 0 Å². The first-order valence-corrected chi connectivity index (χ1v) is 9.62. The van der Waals surface area contributed by atoms with Crippen molar-refractivity contribution < 1.29 is 5.11 Å². The zero-order valence-corrected chi connectivity index (χ0v) is 16.0. The molecular weight excluding hydrogens is 324 g/mol. The number of nitrogens with zero attached hydrogens (tertiary/aromatic N) is 1. The average Bonchev–Trinajstić information content (AvgIpc) is 2.68. The minimum absolute atomic E-state index is 0.0832. The van der Waals surface area contributed by atoms with E-state index in [1.54, 1.807) is 18.7 Å². The monoisotopic (exact) mass is 356 g/mol. The van der Waals surface area contributed by atoms with E-state index in [0.717, 1.165) is 11.5 Å². The summed E-state index contributed by atoms with van der Waals surface area (Å²) in [6, 6.07) is 12.5. The van der Waals surface area contributed by atoms with E-state index in [1.807, 2.05) is 13.0 Å². The van der Waals surface area contributed by atoms with Gasteiger partial charge in [-0.15, -0.1) is 0 Å². The topological polar surface area (TPSA) is 68.2 Å². The predicted molar refractivity (Wildman–Crippen MR) is 108 cm³/mol. The van der Waals surface area contributed by atoms with Gasteiger partial charge in [-0.2, -0.15) is 0 Å². The Balaban J connectivity index is 0.000000189. The Morgan fingerprint density at radius 1 is 1.15 bits per heavy atom. The highest BCUT2D eigenvalue weighted by Crippen LogP contribution is 2.32. The third-order valence-electron chi connectivity index (χ3n) is 5.11. The van der Waals surface area contributed by atoms with Crippen LogP contribution in [0.15, 0.2) is 47.4 Å². The standard InChI is InChI=1S/C12H16.C10H16N2O2/c1-3-7-11(8-4-1)12-9-5-2-6-10-12;1-7-3-8(2)10(14)12(5-7)9(4-11)6-13/h1,3-4,7-8,12H,2,5-6,9-10H2;3,5,9,13H,4,6,11H2,1-2H3. The van der Waals surface area contributed by atoms with Crippen molar-refractivity contribution in [3.8, 4) is 0 Å². The van der Waals surface area contributed by atoms with E-state index < -0.39 is 0 Å². The van der Waals surface area contributed by atoms with Gasteiger partial charge in [0.05, 0.1) is 12.6 Å². The second-order valence-corrected chi connectivity index (χ2v) is 7.23. The maximum absolute atomic E-state index is 11.7. The van der Waals surface area contributed by atoms with Crippen molar-refractivity contribution in [3.05, 3.63) is 69.6 Å². The third-order valence-corrected chi connectivity index (χ3v) is 5.11. The molecule has 1 heterocycles. The fraction of sp³-hybridized carbons (Fsp3) is 0.500. The molecule has 1 aliphatic rings. The molecule has 2 aromatic rings. The Morgan fingerprint density at radius 3 is 2.38 bits per heavy atom. The highest BCUT2D eigenvalue weighted by atomic mass is 16.3. The van der Waals surface area contributed by atoms with Gasteiger partial charge in [-0.05, 0) is 49.8 Å². The molecule has 1 saturated carbocycles. The second kappa shape index (κ2) is 10.3. The van der Waals surface area contributed by atoms with Crippen LogP contribution in [0.3, 0.4) is 0 Å². The van der Waals surface area contributed by atoms with Crippen LogP contribution in [0.5, 0.6) is 0 Å². The fourth-order valence-corrected chi connectivity index (χ4v) is 3.63. The molecule has 3 rings (SSSR count). The molecule has 0 amide bonds. The highest BCUT2D eigenvalue weighted by molar-refractivity contribution is 5.19. The van der Waals surface area contributed by atoms with Crippen LogP contribution in [0.1, 0.15) is 60.8 Å². The van der Waals surface area contributed by atoms with Crippen molar-refractivity contribution in [1.82, 2.24) is 4.57 Å². The fourth-order valence-electron chi connectivity index (χ4n) is 3.63. The van der Waals surface area contributed by atoms with Crippen LogP contribution in [0.25, 0.3) is 0 Å². The van der Waals surface area contributed by atoms with E-state index in [-0.39, 0.29) is 24.8 Å². The van der Waals surface area contributed by atoms with Gasteiger partial charge in [0.1, 0.15) is 0 Å². The van der Waals surface area contributed by atoms with Crippen LogP contribution in [0.2, 0.25) is 0 Å². The largest absolute Gasteiger partial charge is 0.394 e. The molecule has 1 atom stereocenters. The quantitative estimate of drug-likeness (QED) is 0.878. The lowest BCUT2D eigenvalue weighted by Crippen LogP contribution is -2.32. The number of hydrogen-bond acceptors (Lipinski definition) is 3. The molecule has 0 saturated heterocycles. The smallest absolute Gasteiger partial charge is 0.253 e. The Bertz CT molecular complexity index is 715. The van der Waals surface area contributed by atoms with Crippen molar-refractivity contribution in [3.63, 3.8) is 0 Å². The summed E-state index contributed by atoms with van der Waals surface area (Å²) in [5.41, 5.74) is 8.61. The van der Waals surface area contributed by atoms with Crippen molar-refractivity contribution in [2.24, 2.45) is 5.73 Å². The summed E-state index contributed by atoms with van der Waals surface area (Å²) < 4.78 is 1.50. The highest BCUT2D eigenvalue weighted by Gasteiger charge is 2.14. The number of benzene rings is 1. The molecule has 1 aromatic heterocycles. The molecule has 1 aromatic carbocycles. The summed E-state index contributed by atoms with van der Waals surface area (Å²) in [5.74, 6) is 0.861. The summed E-state index contributed by atoms with van der Waals surface area (Å²) in [6.45, 7) is 3.82. The van der Waals surface area contributed by atoms with E-state index >= 15 is 0 Å². The average molecular weight is 357 g/mol. The van der Waals surface area contributed by atoms with Gasteiger partial charge in [0.25, 0.3) is 5.56 Å². The molecule has 0 spiro atoms. The molecule has 0 aliphatic heterocycles. The first kappa shape index (κ1) is 20.4. The molecule has 3 N–H and O–H groups in total. The van der Waals surface area contributed by atoms with Crippen molar-refractivity contribution >= 4 is 0 Å². The lowest BCUT2D eigenvalue weighted by Gasteiger charge is -2.21. The van der Waals surface area contributed by atoms with Gasteiger partial charge < -0.3 is 15.4 Å². The summed E-state index contributed by atoms with van der Waals surface area (Å²) in [4.78, 5) is 11.7.